The summed E-state index contributed by atoms with van der Waals surface area (Å²) in [7, 11) is 0. The van der Waals surface area contributed by atoms with Gasteiger partial charge >= 0.3 is 12.1 Å². The van der Waals surface area contributed by atoms with Gasteiger partial charge in [-0.15, -0.1) is 0 Å². The highest BCUT2D eigenvalue weighted by Crippen LogP contribution is 2.19. The van der Waals surface area contributed by atoms with E-state index in [9.17, 15) is 22.8 Å². The Labute approximate surface area is 116 Å². The molecule has 0 fully saturated rings. The summed E-state index contributed by atoms with van der Waals surface area (Å²) in [5.41, 5.74) is 0.564. The van der Waals surface area contributed by atoms with Crippen molar-refractivity contribution in [2.24, 2.45) is 0 Å². The minimum Gasteiger partial charge on any atom is -0.347 e. The van der Waals surface area contributed by atoms with Crippen LogP contribution in [0.3, 0.4) is 0 Å². The number of rotatable bonds is 5. The minimum absolute atomic E-state index is 0.00838. The van der Waals surface area contributed by atoms with Crippen molar-refractivity contribution in [2.75, 3.05) is 11.9 Å². The van der Waals surface area contributed by atoms with Crippen LogP contribution in [0.5, 0.6) is 0 Å². The van der Waals surface area contributed by atoms with Crippen molar-refractivity contribution in [3.8, 4) is 0 Å². The summed E-state index contributed by atoms with van der Waals surface area (Å²) in [6, 6.07) is 8.34. The van der Waals surface area contributed by atoms with Crippen molar-refractivity contribution in [3.63, 3.8) is 0 Å². The topological polar surface area (TPSA) is 46.2 Å². The average Bonchev–Trinajstić information content (AvgIpc) is 2.38. The van der Waals surface area contributed by atoms with Gasteiger partial charge in [-0.25, -0.2) is 0 Å². The van der Waals surface area contributed by atoms with Gasteiger partial charge in [0.1, 0.15) is 0 Å². The molecule has 0 aliphatic heterocycles. The van der Waals surface area contributed by atoms with E-state index in [0.29, 0.717) is 5.56 Å². The Kier molecular flexibility index (Phi) is 5.53. The average molecular weight is 338 g/mol. The Hall–Kier alpha value is -1.37. The monoisotopic (exact) mass is 337 g/mol. The molecule has 0 heterocycles. The maximum absolute atomic E-state index is 12.1. The van der Waals surface area contributed by atoms with Crippen LogP contribution in [-0.2, 0) is 9.59 Å². The van der Waals surface area contributed by atoms with Crippen LogP contribution < -0.4 is 5.32 Å². The van der Waals surface area contributed by atoms with Crippen molar-refractivity contribution in [1.29, 1.82) is 0 Å². The third kappa shape index (κ3) is 4.66. The van der Waals surface area contributed by atoms with Crippen LogP contribution >= 0.6 is 15.9 Å². The molecule has 0 aliphatic carbocycles. The molecule has 1 amide bonds. The predicted molar refractivity (Wildman–Crippen MR) is 67.0 cm³/mol. The number of hydrogen-bond donors (Lipinski definition) is 1. The molecule has 0 aromatic heterocycles. The van der Waals surface area contributed by atoms with Crippen LogP contribution in [0.15, 0.2) is 30.3 Å². The molecule has 0 saturated heterocycles. The van der Waals surface area contributed by atoms with Gasteiger partial charge in [0.2, 0.25) is 0 Å². The summed E-state index contributed by atoms with van der Waals surface area (Å²) in [5, 5.41) is 1.74. The first-order chi connectivity index (χ1) is 8.86. The molecule has 1 aromatic rings. The van der Waals surface area contributed by atoms with Gasteiger partial charge in [-0.2, -0.15) is 13.2 Å². The molecule has 19 heavy (non-hydrogen) atoms. The maximum atomic E-state index is 12.1. The van der Waals surface area contributed by atoms with E-state index in [-0.39, 0.29) is 17.7 Å². The zero-order valence-corrected chi connectivity index (χ0v) is 11.3. The van der Waals surface area contributed by atoms with Crippen molar-refractivity contribution in [3.05, 3.63) is 35.9 Å². The van der Waals surface area contributed by atoms with E-state index in [1.165, 1.54) is 0 Å². The van der Waals surface area contributed by atoms with E-state index >= 15 is 0 Å². The number of hydrogen-bond acceptors (Lipinski definition) is 2. The van der Waals surface area contributed by atoms with Crippen molar-refractivity contribution in [2.45, 2.75) is 12.1 Å². The van der Waals surface area contributed by atoms with Crippen LogP contribution in [0.1, 0.15) is 11.5 Å². The number of amides is 1. The summed E-state index contributed by atoms with van der Waals surface area (Å²) < 4.78 is 36.2. The Balaban J connectivity index is 2.78. The molecular formula is C12H11BrF3NO2. The molecule has 0 aliphatic rings. The van der Waals surface area contributed by atoms with Crippen molar-refractivity contribution >= 4 is 27.6 Å². The van der Waals surface area contributed by atoms with Crippen LogP contribution in [0, 0.1) is 0 Å². The van der Waals surface area contributed by atoms with Gasteiger partial charge in [-0.1, -0.05) is 46.3 Å². The van der Waals surface area contributed by atoms with E-state index in [2.05, 4.69) is 15.9 Å². The summed E-state index contributed by atoms with van der Waals surface area (Å²) in [6.07, 6.45) is -4.95. The number of carbonyl (C=O) groups excluding carboxylic acids is 2. The van der Waals surface area contributed by atoms with E-state index in [1.54, 1.807) is 35.6 Å². The largest absolute Gasteiger partial charge is 0.471 e. The third-order valence-electron chi connectivity index (χ3n) is 2.45. The lowest BCUT2D eigenvalue weighted by molar-refractivity contribution is -0.173. The lowest BCUT2D eigenvalue weighted by Crippen LogP contribution is -2.40. The molecule has 0 spiro atoms. The zero-order chi connectivity index (χ0) is 14.5. The van der Waals surface area contributed by atoms with Gasteiger partial charge in [0.05, 0.1) is 11.2 Å². The summed E-state index contributed by atoms with van der Waals surface area (Å²) in [5.74, 6) is -3.14. The molecule has 1 atom stereocenters. The minimum atomic E-state index is -4.95. The number of Topliss-reactive ketones (excluding diaryl/α,β-unsaturated/α-hetero) is 1. The summed E-state index contributed by atoms with van der Waals surface area (Å²) in [4.78, 5) is 22.4. The molecule has 1 unspecified atom stereocenters. The number of halogens is 4. The molecule has 1 rings (SSSR count). The van der Waals surface area contributed by atoms with Gasteiger partial charge in [-0.05, 0) is 5.56 Å². The molecule has 0 radical (unpaired) electrons. The molecule has 3 nitrogen and oxygen atoms in total. The maximum Gasteiger partial charge on any atom is 0.471 e. The van der Waals surface area contributed by atoms with Crippen LogP contribution in [0.2, 0.25) is 0 Å². The summed E-state index contributed by atoms with van der Waals surface area (Å²) in [6.45, 7) is -0.382. The normalized spacial score (nSPS) is 12.8. The van der Waals surface area contributed by atoms with E-state index in [0.717, 1.165) is 0 Å². The summed E-state index contributed by atoms with van der Waals surface area (Å²) >= 11 is 2.97. The van der Waals surface area contributed by atoms with Crippen LogP contribution in [0.4, 0.5) is 13.2 Å². The Bertz CT molecular complexity index is 448. The highest BCUT2D eigenvalue weighted by molar-refractivity contribution is 9.09. The fourth-order valence-corrected chi connectivity index (χ4v) is 1.88. The molecule has 1 aromatic carbocycles. The lowest BCUT2D eigenvalue weighted by atomic mass is 9.95. The fourth-order valence-electron chi connectivity index (χ4n) is 1.49. The Morgan fingerprint density at radius 1 is 1.21 bits per heavy atom. The molecule has 104 valence electrons. The number of carbonyl (C=O) groups is 2. The second-order valence-electron chi connectivity index (χ2n) is 3.77. The Morgan fingerprint density at radius 2 is 1.79 bits per heavy atom. The standard InChI is InChI=1S/C12H11BrF3NO2/c13-6-10(18)9(8-4-2-1-3-5-8)7-17-11(19)12(14,15)16/h1-5,9H,6-7H2,(H,17,19). The van der Waals surface area contributed by atoms with Gasteiger partial charge in [0.15, 0.2) is 5.78 Å². The van der Waals surface area contributed by atoms with Crippen LogP contribution in [-0.4, -0.2) is 29.7 Å². The first-order valence-corrected chi connectivity index (χ1v) is 6.47. The van der Waals surface area contributed by atoms with Crippen molar-refractivity contribution in [1.82, 2.24) is 5.32 Å². The predicted octanol–water partition coefficient (Wildman–Crippen LogP) is 2.41. The lowest BCUT2D eigenvalue weighted by Gasteiger charge is -2.16. The number of alkyl halides is 4. The highest BCUT2D eigenvalue weighted by atomic mass is 79.9. The number of ketones is 1. The first kappa shape index (κ1) is 15.7. The fraction of sp³-hybridized carbons (Fsp3) is 0.333. The van der Waals surface area contributed by atoms with Gasteiger partial charge < -0.3 is 5.32 Å². The van der Waals surface area contributed by atoms with E-state index in [4.69, 9.17) is 0 Å². The highest BCUT2D eigenvalue weighted by Gasteiger charge is 2.39. The number of benzene rings is 1. The molecule has 7 heteroatoms. The van der Waals surface area contributed by atoms with Crippen molar-refractivity contribution < 1.29 is 22.8 Å². The third-order valence-corrected chi connectivity index (χ3v) is 3.00. The second-order valence-corrected chi connectivity index (χ2v) is 4.33. The quantitative estimate of drug-likeness (QED) is 0.838. The van der Waals surface area contributed by atoms with Gasteiger partial charge in [0, 0.05) is 6.54 Å². The van der Waals surface area contributed by atoms with Gasteiger partial charge in [-0.3, -0.25) is 9.59 Å². The molecular weight excluding hydrogens is 327 g/mol. The second kappa shape index (κ2) is 6.70. The smallest absolute Gasteiger partial charge is 0.347 e. The SMILES string of the molecule is O=C(CBr)C(CNC(=O)C(F)(F)F)c1ccccc1. The first-order valence-electron chi connectivity index (χ1n) is 5.35. The zero-order valence-electron chi connectivity index (χ0n) is 9.71. The molecule has 1 N–H and O–H groups in total. The molecule has 0 saturated carbocycles. The Morgan fingerprint density at radius 3 is 2.26 bits per heavy atom. The van der Waals surface area contributed by atoms with E-state index < -0.39 is 18.0 Å². The van der Waals surface area contributed by atoms with Crippen LogP contribution in [0.25, 0.3) is 0 Å². The van der Waals surface area contributed by atoms with E-state index in [1.807, 2.05) is 0 Å². The molecule has 0 bridgehead atoms. The van der Waals surface area contributed by atoms with Gasteiger partial charge in [0.25, 0.3) is 0 Å². The number of nitrogens with one attached hydrogen (secondary N) is 1.